The summed E-state index contributed by atoms with van der Waals surface area (Å²) in [6.45, 7) is 7.45. The number of hydrogen-bond acceptors (Lipinski definition) is 8. The fourth-order valence-electron chi connectivity index (χ4n) is 2.46. The Labute approximate surface area is 145 Å². The average Bonchev–Trinajstić information content (AvgIpc) is 3.17. The van der Waals surface area contributed by atoms with E-state index >= 15 is 0 Å². The summed E-state index contributed by atoms with van der Waals surface area (Å²) in [7, 11) is 2.08. The highest BCUT2D eigenvalue weighted by Gasteiger charge is 2.26. The summed E-state index contributed by atoms with van der Waals surface area (Å²) in [5.41, 5.74) is 0. The zero-order valence-corrected chi connectivity index (χ0v) is 15.1. The van der Waals surface area contributed by atoms with E-state index in [1.807, 2.05) is 13.8 Å². The third kappa shape index (κ3) is 4.07. The third-order valence-electron chi connectivity index (χ3n) is 3.75. The van der Waals surface area contributed by atoms with Crippen molar-refractivity contribution >= 4 is 23.7 Å². The molecule has 1 aliphatic rings. The number of piperazine rings is 1. The summed E-state index contributed by atoms with van der Waals surface area (Å²) >= 11 is 1.53. The SMILES string of the molecule is CCOC(C)c1ncc(-c2nc(C3CNCCN3C)no2)s1.Cl. The van der Waals surface area contributed by atoms with Crippen molar-refractivity contribution in [2.24, 2.45) is 0 Å². The normalized spacial score (nSPS) is 20.2. The molecule has 128 valence electrons. The second-order valence-electron chi connectivity index (χ2n) is 5.32. The maximum Gasteiger partial charge on any atom is 0.269 e. The van der Waals surface area contributed by atoms with Gasteiger partial charge in [-0.15, -0.1) is 23.7 Å². The van der Waals surface area contributed by atoms with Gasteiger partial charge in [0.1, 0.15) is 16.0 Å². The van der Waals surface area contributed by atoms with Gasteiger partial charge < -0.3 is 14.6 Å². The molecule has 23 heavy (non-hydrogen) atoms. The first-order chi connectivity index (χ1) is 10.7. The molecule has 1 fully saturated rings. The first-order valence-corrected chi connectivity index (χ1v) is 8.33. The number of rotatable bonds is 5. The highest BCUT2D eigenvalue weighted by molar-refractivity contribution is 7.15. The molecule has 3 rings (SSSR count). The van der Waals surface area contributed by atoms with Gasteiger partial charge in [0.05, 0.1) is 12.2 Å². The number of aromatic nitrogens is 3. The van der Waals surface area contributed by atoms with Crippen LogP contribution < -0.4 is 5.32 Å². The number of thiazole rings is 1. The molecule has 2 aromatic rings. The van der Waals surface area contributed by atoms with Crippen molar-refractivity contribution < 1.29 is 9.26 Å². The van der Waals surface area contributed by atoms with Crippen LogP contribution in [-0.4, -0.2) is 53.3 Å². The Kier molecular flexibility index (Phi) is 6.49. The molecule has 1 saturated heterocycles. The van der Waals surface area contributed by atoms with E-state index in [2.05, 4.69) is 32.4 Å². The molecule has 2 unspecified atom stereocenters. The maximum absolute atomic E-state index is 5.56. The minimum absolute atomic E-state index is 0. The number of nitrogens with zero attached hydrogens (tertiary/aromatic N) is 4. The van der Waals surface area contributed by atoms with Crippen molar-refractivity contribution in [1.29, 1.82) is 0 Å². The first kappa shape index (κ1) is 18.3. The first-order valence-electron chi connectivity index (χ1n) is 7.51. The zero-order chi connectivity index (χ0) is 15.5. The zero-order valence-electron chi connectivity index (χ0n) is 13.5. The number of nitrogens with one attached hydrogen (secondary N) is 1. The second kappa shape index (κ2) is 8.16. The topological polar surface area (TPSA) is 76.3 Å². The lowest BCUT2D eigenvalue weighted by atomic mass is 10.2. The number of halogens is 1. The number of hydrogen-bond donors (Lipinski definition) is 1. The molecule has 0 aromatic carbocycles. The Bertz CT molecular complexity index is 620. The molecule has 0 amide bonds. The lowest BCUT2D eigenvalue weighted by molar-refractivity contribution is 0.0762. The Morgan fingerprint density at radius 1 is 1.57 bits per heavy atom. The molecule has 7 nitrogen and oxygen atoms in total. The van der Waals surface area contributed by atoms with Gasteiger partial charge in [-0.1, -0.05) is 5.16 Å². The van der Waals surface area contributed by atoms with Crippen LogP contribution in [0.1, 0.15) is 36.8 Å². The van der Waals surface area contributed by atoms with Gasteiger partial charge >= 0.3 is 0 Å². The summed E-state index contributed by atoms with van der Waals surface area (Å²) in [6.07, 6.45) is 1.76. The highest BCUT2D eigenvalue weighted by atomic mass is 35.5. The van der Waals surface area contributed by atoms with Crippen LogP contribution in [0.4, 0.5) is 0 Å². The van der Waals surface area contributed by atoms with Crippen LogP contribution in [0.15, 0.2) is 10.7 Å². The molecular formula is C14H22ClN5O2S. The molecule has 9 heteroatoms. The second-order valence-corrected chi connectivity index (χ2v) is 6.38. The average molecular weight is 360 g/mol. The highest BCUT2D eigenvalue weighted by Crippen LogP contribution is 2.30. The Hall–Kier alpha value is -1.06. The van der Waals surface area contributed by atoms with Crippen LogP contribution in [0.3, 0.4) is 0 Å². The quantitative estimate of drug-likeness (QED) is 0.877. The number of likely N-dealkylation sites (N-methyl/N-ethyl adjacent to an activating group) is 1. The molecular weight excluding hydrogens is 338 g/mol. The van der Waals surface area contributed by atoms with E-state index in [4.69, 9.17) is 9.26 Å². The minimum Gasteiger partial charge on any atom is -0.372 e. The van der Waals surface area contributed by atoms with Crippen molar-refractivity contribution in [2.45, 2.75) is 26.0 Å². The molecule has 0 radical (unpaired) electrons. The molecule has 0 saturated carbocycles. The number of ether oxygens (including phenoxy) is 1. The molecule has 1 aliphatic heterocycles. The molecule has 0 aliphatic carbocycles. The van der Waals surface area contributed by atoms with Crippen molar-refractivity contribution in [3.05, 3.63) is 17.0 Å². The van der Waals surface area contributed by atoms with Crippen molar-refractivity contribution in [2.75, 3.05) is 33.3 Å². The monoisotopic (exact) mass is 359 g/mol. The van der Waals surface area contributed by atoms with Crippen molar-refractivity contribution in [3.63, 3.8) is 0 Å². The Balaban J connectivity index is 0.00000192. The summed E-state index contributed by atoms with van der Waals surface area (Å²) in [4.78, 5) is 12.1. The van der Waals surface area contributed by atoms with Crippen LogP contribution in [-0.2, 0) is 4.74 Å². The fraction of sp³-hybridized carbons (Fsp3) is 0.643. The smallest absolute Gasteiger partial charge is 0.269 e. The van der Waals surface area contributed by atoms with Gasteiger partial charge in [-0.05, 0) is 20.9 Å². The van der Waals surface area contributed by atoms with Gasteiger partial charge in [0, 0.05) is 26.2 Å². The van der Waals surface area contributed by atoms with E-state index in [-0.39, 0.29) is 24.6 Å². The van der Waals surface area contributed by atoms with Crippen LogP contribution in [0.2, 0.25) is 0 Å². The van der Waals surface area contributed by atoms with E-state index in [9.17, 15) is 0 Å². The van der Waals surface area contributed by atoms with E-state index < -0.39 is 0 Å². The van der Waals surface area contributed by atoms with E-state index in [1.165, 1.54) is 11.3 Å². The summed E-state index contributed by atoms with van der Waals surface area (Å²) in [5.74, 6) is 1.25. The molecule has 2 atom stereocenters. The van der Waals surface area contributed by atoms with Gasteiger partial charge in [0.25, 0.3) is 5.89 Å². The lowest BCUT2D eigenvalue weighted by Gasteiger charge is -2.30. The van der Waals surface area contributed by atoms with Crippen LogP contribution in [0, 0.1) is 0 Å². The van der Waals surface area contributed by atoms with Gasteiger partial charge in [-0.25, -0.2) is 4.98 Å². The molecule has 2 aromatic heterocycles. The van der Waals surface area contributed by atoms with E-state index in [0.717, 1.165) is 35.3 Å². The summed E-state index contributed by atoms with van der Waals surface area (Å²) < 4.78 is 11.0. The van der Waals surface area contributed by atoms with E-state index in [0.29, 0.717) is 12.5 Å². The van der Waals surface area contributed by atoms with Crippen LogP contribution >= 0.6 is 23.7 Å². The third-order valence-corrected chi connectivity index (χ3v) is 4.90. The van der Waals surface area contributed by atoms with Gasteiger partial charge in [-0.3, -0.25) is 4.90 Å². The van der Waals surface area contributed by atoms with Gasteiger partial charge in [0.15, 0.2) is 5.82 Å². The Morgan fingerprint density at radius 2 is 2.39 bits per heavy atom. The predicted octanol–water partition coefficient (Wildman–Crippen LogP) is 2.29. The standard InChI is InChI=1S/C14H21N5O2S.ClH/c1-4-20-9(2)14-16-8-11(22-14)13-17-12(18-21-13)10-7-15-5-6-19(10)3;/h8-10,15H,4-7H2,1-3H3;1H. The molecule has 0 spiro atoms. The Morgan fingerprint density at radius 3 is 3.13 bits per heavy atom. The minimum atomic E-state index is -0.0141. The van der Waals surface area contributed by atoms with Crippen molar-refractivity contribution in [1.82, 2.24) is 25.3 Å². The van der Waals surface area contributed by atoms with Crippen molar-refractivity contribution in [3.8, 4) is 10.8 Å². The maximum atomic E-state index is 5.56. The predicted molar refractivity (Wildman–Crippen MR) is 90.9 cm³/mol. The lowest BCUT2D eigenvalue weighted by Crippen LogP contribution is -2.44. The molecule has 0 bridgehead atoms. The summed E-state index contributed by atoms with van der Waals surface area (Å²) in [5, 5.41) is 8.42. The van der Waals surface area contributed by atoms with Crippen LogP contribution in [0.5, 0.6) is 0 Å². The van der Waals surface area contributed by atoms with Gasteiger partial charge in [0.2, 0.25) is 0 Å². The molecule has 1 N–H and O–H groups in total. The molecule has 3 heterocycles. The van der Waals surface area contributed by atoms with Gasteiger partial charge in [-0.2, -0.15) is 4.98 Å². The summed E-state index contributed by atoms with van der Waals surface area (Å²) in [6, 6.07) is 0.154. The largest absolute Gasteiger partial charge is 0.372 e. The van der Waals surface area contributed by atoms with E-state index in [1.54, 1.807) is 6.20 Å². The fourth-order valence-corrected chi connectivity index (χ4v) is 3.30. The van der Waals surface area contributed by atoms with Crippen LogP contribution in [0.25, 0.3) is 10.8 Å².